The number of fused-ring (bicyclic) bond motifs is 1. The zero-order valence-corrected chi connectivity index (χ0v) is 13.0. The SMILES string of the molecule is CNCc1c[nH]c2nc(-c3cccc(Br)c3)nc(C)c12. The molecular weight excluding hydrogens is 316 g/mol. The van der Waals surface area contributed by atoms with Gasteiger partial charge in [0.25, 0.3) is 0 Å². The molecule has 2 heterocycles. The highest BCUT2D eigenvalue weighted by Crippen LogP contribution is 2.25. The smallest absolute Gasteiger partial charge is 0.161 e. The van der Waals surface area contributed by atoms with E-state index in [0.29, 0.717) is 0 Å². The van der Waals surface area contributed by atoms with Gasteiger partial charge < -0.3 is 10.3 Å². The van der Waals surface area contributed by atoms with E-state index < -0.39 is 0 Å². The number of nitrogens with zero attached hydrogens (tertiary/aromatic N) is 2. The van der Waals surface area contributed by atoms with Crippen LogP contribution in [0.2, 0.25) is 0 Å². The second kappa shape index (κ2) is 5.34. The standard InChI is InChI=1S/C15H15BrN4/c1-9-13-11(7-17-2)8-18-15(13)20-14(19-9)10-4-3-5-12(16)6-10/h3-6,8,17H,7H2,1-2H3,(H,18,19,20). The van der Waals surface area contributed by atoms with Crippen molar-refractivity contribution < 1.29 is 0 Å². The van der Waals surface area contributed by atoms with Crippen molar-refractivity contribution in [1.29, 1.82) is 0 Å². The lowest BCUT2D eigenvalue weighted by Gasteiger charge is -2.05. The molecule has 0 aliphatic rings. The molecule has 0 fully saturated rings. The van der Waals surface area contributed by atoms with E-state index in [4.69, 9.17) is 0 Å². The van der Waals surface area contributed by atoms with Gasteiger partial charge in [-0.05, 0) is 31.7 Å². The number of halogens is 1. The van der Waals surface area contributed by atoms with Gasteiger partial charge in [0.2, 0.25) is 0 Å². The van der Waals surface area contributed by atoms with E-state index in [0.717, 1.165) is 39.1 Å². The third-order valence-electron chi connectivity index (χ3n) is 3.24. The molecule has 1 aromatic carbocycles. The quantitative estimate of drug-likeness (QED) is 0.773. The molecule has 2 N–H and O–H groups in total. The van der Waals surface area contributed by atoms with Crippen LogP contribution in [0.5, 0.6) is 0 Å². The average Bonchev–Trinajstić information content (AvgIpc) is 2.83. The summed E-state index contributed by atoms with van der Waals surface area (Å²) in [7, 11) is 1.94. The minimum absolute atomic E-state index is 0.745. The number of benzene rings is 1. The fourth-order valence-corrected chi connectivity index (χ4v) is 2.78. The number of rotatable bonds is 3. The van der Waals surface area contributed by atoms with Crippen LogP contribution in [0.3, 0.4) is 0 Å². The summed E-state index contributed by atoms with van der Waals surface area (Å²) in [5.41, 5.74) is 4.09. The van der Waals surface area contributed by atoms with Gasteiger partial charge in [-0.2, -0.15) is 0 Å². The van der Waals surface area contributed by atoms with Crippen molar-refractivity contribution in [3.05, 3.63) is 46.2 Å². The molecule has 3 aromatic rings. The molecule has 5 heteroatoms. The second-order valence-electron chi connectivity index (χ2n) is 4.71. The number of aromatic amines is 1. The number of hydrogen-bond donors (Lipinski definition) is 2. The Balaban J connectivity index is 2.15. The summed E-state index contributed by atoms with van der Waals surface area (Å²) in [6, 6.07) is 8.03. The van der Waals surface area contributed by atoms with Crippen LogP contribution >= 0.6 is 15.9 Å². The first-order chi connectivity index (χ1) is 9.69. The summed E-state index contributed by atoms with van der Waals surface area (Å²) >= 11 is 3.48. The van der Waals surface area contributed by atoms with Crippen molar-refractivity contribution in [3.8, 4) is 11.4 Å². The molecule has 3 rings (SSSR count). The zero-order chi connectivity index (χ0) is 14.1. The van der Waals surface area contributed by atoms with Gasteiger partial charge in [-0.25, -0.2) is 9.97 Å². The second-order valence-corrected chi connectivity index (χ2v) is 5.63. The van der Waals surface area contributed by atoms with Gasteiger partial charge in [-0.3, -0.25) is 0 Å². The van der Waals surface area contributed by atoms with E-state index in [1.807, 2.05) is 44.4 Å². The molecule has 0 bridgehead atoms. The number of hydrogen-bond acceptors (Lipinski definition) is 3. The van der Waals surface area contributed by atoms with Crippen molar-refractivity contribution in [1.82, 2.24) is 20.3 Å². The van der Waals surface area contributed by atoms with Crippen LogP contribution in [0.15, 0.2) is 34.9 Å². The highest BCUT2D eigenvalue weighted by molar-refractivity contribution is 9.10. The van der Waals surface area contributed by atoms with Crippen molar-refractivity contribution in [2.24, 2.45) is 0 Å². The van der Waals surface area contributed by atoms with Crippen molar-refractivity contribution in [2.45, 2.75) is 13.5 Å². The van der Waals surface area contributed by atoms with Gasteiger partial charge in [0.05, 0.1) is 5.69 Å². The molecule has 0 amide bonds. The van der Waals surface area contributed by atoms with E-state index in [1.54, 1.807) is 0 Å². The molecule has 0 aliphatic heterocycles. The van der Waals surface area contributed by atoms with Gasteiger partial charge >= 0.3 is 0 Å². The van der Waals surface area contributed by atoms with Gasteiger partial charge in [-0.15, -0.1) is 0 Å². The molecular formula is C15H15BrN4. The number of nitrogens with one attached hydrogen (secondary N) is 2. The van der Waals surface area contributed by atoms with Crippen LogP contribution in [-0.2, 0) is 6.54 Å². The van der Waals surface area contributed by atoms with E-state index in [-0.39, 0.29) is 0 Å². The van der Waals surface area contributed by atoms with Crippen LogP contribution in [0.25, 0.3) is 22.4 Å². The van der Waals surface area contributed by atoms with Crippen LogP contribution in [0.1, 0.15) is 11.3 Å². The first-order valence-electron chi connectivity index (χ1n) is 6.44. The predicted molar refractivity (Wildman–Crippen MR) is 84.5 cm³/mol. The lowest BCUT2D eigenvalue weighted by molar-refractivity contribution is 0.822. The van der Waals surface area contributed by atoms with E-state index in [9.17, 15) is 0 Å². The lowest BCUT2D eigenvalue weighted by atomic mass is 10.1. The maximum absolute atomic E-state index is 4.65. The number of aromatic nitrogens is 3. The highest BCUT2D eigenvalue weighted by Gasteiger charge is 2.11. The molecule has 102 valence electrons. The van der Waals surface area contributed by atoms with Crippen molar-refractivity contribution >= 4 is 27.0 Å². The van der Waals surface area contributed by atoms with Crippen LogP contribution in [0.4, 0.5) is 0 Å². The molecule has 0 atom stereocenters. The summed E-state index contributed by atoms with van der Waals surface area (Å²) in [5.74, 6) is 0.745. The largest absolute Gasteiger partial charge is 0.346 e. The lowest BCUT2D eigenvalue weighted by Crippen LogP contribution is -2.05. The molecule has 0 aliphatic carbocycles. The fraction of sp³-hybridized carbons (Fsp3) is 0.200. The Morgan fingerprint density at radius 3 is 2.90 bits per heavy atom. The maximum atomic E-state index is 4.65. The fourth-order valence-electron chi connectivity index (χ4n) is 2.38. The van der Waals surface area contributed by atoms with Crippen LogP contribution in [0, 0.1) is 6.92 Å². The Labute approximate surface area is 125 Å². The summed E-state index contributed by atoms with van der Waals surface area (Å²) < 4.78 is 1.03. The monoisotopic (exact) mass is 330 g/mol. The highest BCUT2D eigenvalue weighted by atomic mass is 79.9. The number of H-pyrrole nitrogens is 1. The Hall–Kier alpha value is -1.72. The predicted octanol–water partition coefficient (Wildman–Crippen LogP) is 3.42. The van der Waals surface area contributed by atoms with E-state index in [2.05, 4.69) is 36.2 Å². The molecule has 4 nitrogen and oxygen atoms in total. The van der Waals surface area contributed by atoms with Gasteiger partial charge in [0.1, 0.15) is 5.65 Å². The molecule has 0 spiro atoms. The van der Waals surface area contributed by atoms with Gasteiger partial charge in [-0.1, -0.05) is 28.1 Å². The Kier molecular flexibility index (Phi) is 3.54. The van der Waals surface area contributed by atoms with E-state index >= 15 is 0 Å². The first-order valence-corrected chi connectivity index (χ1v) is 7.23. The maximum Gasteiger partial charge on any atom is 0.161 e. The van der Waals surface area contributed by atoms with Crippen molar-refractivity contribution in [2.75, 3.05) is 7.05 Å². The number of aryl methyl sites for hydroxylation is 1. The molecule has 0 radical (unpaired) electrons. The molecule has 0 saturated carbocycles. The first kappa shape index (κ1) is 13.3. The Morgan fingerprint density at radius 1 is 1.30 bits per heavy atom. The average molecular weight is 331 g/mol. The molecule has 2 aromatic heterocycles. The van der Waals surface area contributed by atoms with Gasteiger partial charge in [0.15, 0.2) is 5.82 Å². The Bertz CT molecular complexity index is 764. The third-order valence-corrected chi connectivity index (χ3v) is 3.74. The molecule has 20 heavy (non-hydrogen) atoms. The Morgan fingerprint density at radius 2 is 2.15 bits per heavy atom. The van der Waals surface area contributed by atoms with Crippen molar-refractivity contribution in [3.63, 3.8) is 0 Å². The summed E-state index contributed by atoms with van der Waals surface area (Å²) in [5, 5.41) is 4.27. The minimum Gasteiger partial charge on any atom is -0.346 e. The normalized spacial score (nSPS) is 11.2. The minimum atomic E-state index is 0.745. The van der Waals surface area contributed by atoms with Crippen LogP contribution in [-0.4, -0.2) is 22.0 Å². The third kappa shape index (κ3) is 2.34. The summed E-state index contributed by atoms with van der Waals surface area (Å²) in [4.78, 5) is 12.5. The topological polar surface area (TPSA) is 53.6 Å². The summed E-state index contributed by atoms with van der Waals surface area (Å²) in [6.45, 7) is 2.83. The summed E-state index contributed by atoms with van der Waals surface area (Å²) in [6.07, 6.45) is 1.99. The van der Waals surface area contributed by atoms with Gasteiger partial charge in [0, 0.05) is 28.2 Å². The zero-order valence-electron chi connectivity index (χ0n) is 11.4. The molecule has 0 saturated heterocycles. The van der Waals surface area contributed by atoms with Crippen LogP contribution < -0.4 is 5.32 Å². The van der Waals surface area contributed by atoms with E-state index in [1.165, 1.54) is 5.56 Å². The molecule has 0 unspecified atom stereocenters.